The monoisotopic (exact) mass is 564 g/mol. The summed E-state index contributed by atoms with van der Waals surface area (Å²) in [4.78, 5) is 0. The largest absolute Gasteiger partial charge is 0.0912 e. The van der Waals surface area contributed by atoms with Crippen LogP contribution in [-0.4, -0.2) is 0 Å². The highest BCUT2D eigenvalue weighted by Gasteiger charge is 2.45. The lowest BCUT2D eigenvalue weighted by Crippen LogP contribution is -2.28. The van der Waals surface area contributed by atoms with Gasteiger partial charge in [-0.2, -0.15) is 0 Å². The van der Waals surface area contributed by atoms with Crippen LogP contribution in [0.3, 0.4) is 0 Å². The highest BCUT2D eigenvalue weighted by Crippen LogP contribution is 2.52. The van der Waals surface area contributed by atoms with Gasteiger partial charge in [0.2, 0.25) is 0 Å². The Morgan fingerprint density at radius 3 is 1.94 bits per heavy atom. The van der Waals surface area contributed by atoms with E-state index in [1.165, 1.54) is 42.5 Å². The summed E-state index contributed by atoms with van der Waals surface area (Å²) in [6.45, 7) is 8.62. The number of benzene rings is 4. The van der Waals surface area contributed by atoms with Gasteiger partial charge in [-0.05, 0) is 94.0 Å². The van der Waals surface area contributed by atoms with E-state index in [0.717, 1.165) is 17.6 Å². The Morgan fingerprint density at radius 1 is 0.771 bits per heavy atom. The second-order valence-corrected chi connectivity index (χ2v) is 10.6. The molecule has 0 aliphatic heterocycles. The zero-order valence-electron chi connectivity index (χ0n) is 20.3. The third-order valence-corrected chi connectivity index (χ3v) is 7.78. The van der Waals surface area contributed by atoms with Crippen LogP contribution in [0.15, 0.2) is 127 Å². The Bertz CT molecular complexity index is 1370. The van der Waals surface area contributed by atoms with Crippen molar-refractivity contribution in [3.63, 3.8) is 0 Å². The number of fused-ring (bicyclic) bond motifs is 1. The van der Waals surface area contributed by atoms with E-state index in [2.05, 4.69) is 158 Å². The Morgan fingerprint density at radius 2 is 1.34 bits per heavy atom. The highest BCUT2D eigenvalue weighted by atomic mass is 127. The van der Waals surface area contributed by atoms with Gasteiger partial charge in [0.25, 0.3) is 0 Å². The first-order valence-electron chi connectivity index (χ1n) is 12.0. The molecule has 0 N–H and O–H groups in total. The van der Waals surface area contributed by atoms with Crippen molar-refractivity contribution in [3.8, 4) is 0 Å². The first kappa shape index (κ1) is 23.6. The molecule has 1 aliphatic rings. The highest BCUT2D eigenvalue weighted by molar-refractivity contribution is 14.1. The Balaban J connectivity index is 1.67. The maximum atomic E-state index is 4.31. The molecule has 0 bridgehead atoms. The molecule has 0 amide bonds. The molecule has 172 valence electrons. The van der Waals surface area contributed by atoms with Crippen molar-refractivity contribution in [1.29, 1.82) is 0 Å². The van der Waals surface area contributed by atoms with Crippen molar-refractivity contribution in [1.82, 2.24) is 0 Å². The minimum atomic E-state index is -0.313. The van der Waals surface area contributed by atoms with Crippen LogP contribution in [-0.2, 0) is 11.8 Å². The summed E-state index contributed by atoms with van der Waals surface area (Å²) in [5.74, 6) is 0. The lowest BCUT2D eigenvalue weighted by Gasteiger charge is -2.34. The fourth-order valence-corrected chi connectivity index (χ4v) is 5.59. The average Bonchev–Trinajstić information content (AvgIpc) is 3.20. The van der Waals surface area contributed by atoms with Crippen LogP contribution in [0.4, 0.5) is 0 Å². The zero-order chi connectivity index (χ0) is 24.4. The molecule has 1 aliphatic carbocycles. The molecule has 0 spiro atoms. The minimum absolute atomic E-state index is 0.313. The smallest absolute Gasteiger partial charge is 0.0670 e. The normalized spacial score (nSPS) is 15.5. The van der Waals surface area contributed by atoms with Crippen LogP contribution in [0.2, 0.25) is 0 Å². The van der Waals surface area contributed by atoms with Crippen molar-refractivity contribution >= 4 is 28.2 Å². The van der Waals surface area contributed by atoms with Crippen LogP contribution in [0, 0.1) is 17.4 Å². The molecule has 4 aromatic rings. The lowest BCUT2D eigenvalue weighted by atomic mass is 9.67. The summed E-state index contributed by atoms with van der Waals surface area (Å²) in [5, 5.41) is 0. The summed E-state index contributed by atoms with van der Waals surface area (Å²) >= 11 is 2.34. The molecule has 0 fully saturated rings. The van der Waals surface area contributed by atoms with Crippen LogP contribution in [0.1, 0.15) is 38.9 Å². The summed E-state index contributed by atoms with van der Waals surface area (Å²) in [6, 6.07) is 35.6. The van der Waals surface area contributed by atoms with E-state index >= 15 is 0 Å². The van der Waals surface area contributed by atoms with E-state index in [-0.39, 0.29) is 5.41 Å². The predicted octanol–water partition coefficient (Wildman–Crippen LogP) is 8.99. The Labute approximate surface area is 222 Å². The van der Waals surface area contributed by atoms with E-state index in [9.17, 15) is 0 Å². The second-order valence-electron chi connectivity index (χ2n) is 9.40. The average molecular weight is 565 g/mol. The lowest BCUT2D eigenvalue weighted by molar-refractivity contribution is 0.748. The first-order valence-corrected chi connectivity index (χ1v) is 13.1. The molecule has 5 rings (SSSR count). The van der Waals surface area contributed by atoms with Crippen LogP contribution in [0.25, 0.3) is 5.57 Å². The molecular formula is C34H29I. The number of halogens is 1. The van der Waals surface area contributed by atoms with Crippen LogP contribution >= 0.6 is 22.6 Å². The standard InChI is InChI=1S/C34H29I/c1-24-11-17-29(18-12-24)34(30-19-13-25(2)14-20-30)31(23-28-8-4-5-10-33(28)34)9-6-7-26(3)27-15-21-32(35)22-16-27/h4-22H,3,23H2,1-2H3/b7-6-,31-9+. The number of hydrogen-bond acceptors (Lipinski definition) is 0. The van der Waals surface area contributed by atoms with E-state index in [4.69, 9.17) is 0 Å². The maximum Gasteiger partial charge on any atom is 0.0670 e. The topological polar surface area (TPSA) is 0 Å². The molecule has 4 aromatic carbocycles. The zero-order valence-corrected chi connectivity index (χ0v) is 22.4. The Hall–Kier alpha value is -3.17. The minimum Gasteiger partial charge on any atom is -0.0912 e. The fraction of sp³-hybridized carbons (Fsp3) is 0.118. The van der Waals surface area contributed by atoms with Gasteiger partial charge in [0.1, 0.15) is 0 Å². The van der Waals surface area contributed by atoms with Crippen molar-refractivity contribution in [2.45, 2.75) is 25.7 Å². The Kier molecular flexibility index (Phi) is 6.62. The van der Waals surface area contributed by atoms with Crippen LogP contribution < -0.4 is 0 Å². The van der Waals surface area contributed by atoms with Gasteiger partial charge in [0.15, 0.2) is 0 Å². The van der Waals surface area contributed by atoms with E-state index < -0.39 is 0 Å². The quantitative estimate of drug-likeness (QED) is 0.168. The van der Waals surface area contributed by atoms with E-state index in [1.54, 1.807) is 0 Å². The van der Waals surface area contributed by atoms with Crippen molar-refractivity contribution < 1.29 is 0 Å². The van der Waals surface area contributed by atoms with Crippen molar-refractivity contribution in [2.75, 3.05) is 0 Å². The maximum absolute atomic E-state index is 4.31. The number of aryl methyl sites for hydroxylation is 2. The van der Waals surface area contributed by atoms with Crippen molar-refractivity contribution in [3.05, 3.63) is 170 Å². The molecule has 0 unspecified atom stereocenters. The number of allylic oxidation sites excluding steroid dienone is 5. The summed E-state index contributed by atoms with van der Waals surface area (Å²) < 4.78 is 1.23. The molecule has 0 atom stereocenters. The predicted molar refractivity (Wildman–Crippen MR) is 158 cm³/mol. The summed E-state index contributed by atoms with van der Waals surface area (Å²) in [7, 11) is 0. The molecule has 0 saturated carbocycles. The van der Waals surface area contributed by atoms with Crippen molar-refractivity contribution in [2.24, 2.45) is 0 Å². The molecule has 0 saturated heterocycles. The second kappa shape index (κ2) is 9.83. The van der Waals surface area contributed by atoms with Crippen LogP contribution in [0.5, 0.6) is 0 Å². The van der Waals surface area contributed by atoms with Gasteiger partial charge < -0.3 is 0 Å². The molecular weight excluding hydrogens is 535 g/mol. The third-order valence-electron chi connectivity index (χ3n) is 7.06. The van der Waals surface area contributed by atoms with E-state index in [0.29, 0.717) is 0 Å². The third kappa shape index (κ3) is 4.46. The van der Waals surface area contributed by atoms with Gasteiger partial charge in [-0.15, -0.1) is 0 Å². The van der Waals surface area contributed by atoms with E-state index in [1.807, 2.05) is 0 Å². The van der Waals surface area contributed by atoms with Gasteiger partial charge in [-0.25, -0.2) is 0 Å². The molecule has 1 heteroatoms. The fourth-order valence-electron chi connectivity index (χ4n) is 5.23. The van der Waals surface area contributed by atoms with Gasteiger partial charge in [-0.3, -0.25) is 0 Å². The summed E-state index contributed by atoms with van der Waals surface area (Å²) in [5.41, 5.74) is 11.2. The molecule has 0 heterocycles. The van der Waals surface area contributed by atoms with Gasteiger partial charge in [0.05, 0.1) is 5.41 Å². The number of rotatable bonds is 5. The molecule has 35 heavy (non-hydrogen) atoms. The molecule has 0 nitrogen and oxygen atoms in total. The first-order chi connectivity index (χ1) is 17.0. The molecule has 0 aromatic heterocycles. The van der Waals surface area contributed by atoms with Gasteiger partial charge in [-0.1, -0.05) is 121 Å². The number of hydrogen-bond donors (Lipinski definition) is 0. The van der Waals surface area contributed by atoms with Gasteiger partial charge >= 0.3 is 0 Å². The molecule has 0 radical (unpaired) electrons. The SMILES string of the molecule is C=C(/C=C\C=C1/Cc2ccccc2C1(c1ccc(C)cc1)c1ccc(C)cc1)c1ccc(I)cc1. The summed E-state index contributed by atoms with van der Waals surface area (Å²) in [6.07, 6.45) is 7.56. The van der Waals surface area contributed by atoms with Gasteiger partial charge in [0, 0.05) is 3.57 Å².